The number of carbonyl (C=O) groups is 1. The Morgan fingerprint density at radius 3 is 2.56 bits per heavy atom. The molecule has 216 valence electrons. The summed E-state index contributed by atoms with van der Waals surface area (Å²) in [7, 11) is -4.18. The smallest absolute Gasteiger partial charge is 0.380 e. The van der Waals surface area contributed by atoms with E-state index in [0.29, 0.717) is 40.7 Å². The van der Waals surface area contributed by atoms with Crippen LogP contribution in [0.1, 0.15) is 37.9 Å². The van der Waals surface area contributed by atoms with Crippen LogP contribution >= 0.6 is 0 Å². The highest BCUT2D eigenvalue weighted by molar-refractivity contribution is 7.84. The highest BCUT2D eigenvalue weighted by Gasteiger charge is 2.23. The molecular formula is C29H33N5O6S. The average molecular weight is 580 g/mol. The van der Waals surface area contributed by atoms with E-state index in [9.17, 15) is 13.2 Å². The van der Waals surface area contributed by atoms with Crippen molar-refractivity contribution in [3.8, 4) is 17.2 Å². The maximum Gasteiger partial charge on any atom is 0.380 e. The summed E-state index contributed by atoms with van der Waals surface area (Å²) < 4.78 is 39.1. The SMILES string of the molecule is CCOc1cc([C@@H](Nc2ccc3c(N)nccc3c2)C(=O)NCc2cccc(OS(N)(=O)=O)c2)ccc1OC(C)C. The van der Waals surface area contributed by atoms with Crippen molar-refractivity contribution in [1.82, 2.24) is 10.3 Å². The van der Waals surface area contributed by atoms with Gasteiger partial charge in [0.15, 0.2) is 11.5 Å². The molecule has 0 radical (unpaired) electrons. The minimum atomic E-state index is -4.18. The molecule has 0 fully saturated rings. The van der Waals surface area contributed by atoms with Crippen molar-refractivity contribution in [2.45, 2.75) is 39.5 Å². The second kappa shape index (κ2) is 12.7. The topological polar surface area (TPSA) is 168 Å². The van der Waals surface area contributed by atoms with Crippen LogP contribution < -0.4 is 35.2 Å². The predicted octanol–water partition coefficient (Wildman–Crippen LogP) is 4.05. The van der Waals surface area contributed by atoms with Crippen molar-refractivity contribution in [2.24, 2.45) is 5.14 Å². The van der Waals surface area contributed by atoms with Gasteiger partial charge < -0.3 is 30.0 Å². The van der Waals surface area contributed by atoms with Gasteiger partial charge >= 0.3 is 10.3 Å². The molecule has 4 aromatic rings. The second-order valence-corrected chi connectivity index (χ2v) is 10.6. The zero-order chi connectivity index (χ0) is 29.6. The largest absolute Gasteiger partial charge is 0.490 e. The fourth-order valence-electron chi connectivity index (χ4n) is 4.21. The van der Waals surface area contributed by atoms with E-state index in [4.69, 9.17) is 24.5 Å². The highest BCUT2D eigenvalue weighted by Crippen LogP contribution is 2.33. The van der Waals surface area contributed by atoms with Gasteiger partial charge in [0.1, 0.15) is 17.6 Å². The number of nitrogens with zero attached hydrogens (tertiary/aromatic N) is 1. The van der Waals surface area contributed by atoms with Crippen LogP contribution in [0.5, 0.6) is 17.2 Å². The number of hydrogen-bond donors (Lipinski definition) is 4. The molecule has 41 heavy (non-hydrogen) atoms. The molecule has 0 bridgehead atoms. The molecule has 6 N–H and O–H groups in total. The van der Waals surface area contributed by atoms with Gasteiger partial charge in [0.05, 0.1) is 12.7 Å². The van der Waals surface area contributed by atoms with Crippen LogP contribution in [-0.4, -0.2) is 32.0 Å². The van der Waals surface area contributed by atoms with Gasteiger partial charge in [-0.05, 0) is 85.8 Å². The van der Waals surface area contributed by atoms with Crippen molar-refractivity contribution < 1.29 is 26.9 Å². The number of pyridine rings is 1. The third-order valence-electron chi connectivity index (χ3n) is 5.91. The summed E-state index contributed by atoms with van der Waals surface area (Å²) in [5.74, 6) is 1.21. The fraction of sp³-hybridized carbons (Fsp3) is 0.241. The third-order valence-corrected chi connectivity index (χ3v) is 6.33. The standard InChI is InChI=1S/C29H33N5O6S/c1-4-38-26-16-21(8-11-25(26)39-18(2)3)27(34-22-9-10-24-20(15-22)12-13-32-28(24)30)29(35)33-17-19-6-5-7-23(14-19)40-41(31,36)37/h5-16,18,27,34H,4,17H2,1-3H3,(H2,30,32)(H,33,35)(H2,31,36,37)/t27-/m1/s1. The van der Waals surface area contributed by atoms with Crippen LogP contribution in [0.2, 0.25) is 0 Å². The van der Waals surface area contributed by atoms with Crippen LogP contribution in [0.25, 0.3) is 10.8 Å². The Kier molecular flexibility index (Phi) is 9.15. The minimum Gasteiger partial charge on any atom is -0.490 e. The van der Waals surface area contributed by atoms with Crippen molar-refractivity contribution in [3.63, 3.8) is 0 Å². The van der Waals surface area contributed by atoms with E-state index in [-0.39, 0.29) is 24.3 Å². The summed E-state index contributed by atoms with van der Waals surface area (Å²) in [5.41, 5.74) is 7.95. The lowest BCUT2D eigenvalue weighted by Crippen LogP contribution is -2.33. The first-order valence-electron chi connectivity index (χ1n) is 13.0. The number of hydrogen-bond acceptors (Lipinski definition) is 9. The Hall–Kier alpha value is -4.55. The zero-order valence-electron chi connectivity index (χ0n) is 23.0. The summed E-state index contributed by atoms with van der Waals surface area (Å²) in [6.45, 7) is 6.24. The summed E-state index contributed by atoms with van der Waals surface area (Å²) in [6.07, 6.45) is 1.56. The molecule has 0 aliphatic heterocycles. The molecule has 1 amide bonds. The van der Waals surface area contributed by atoms with Gasteiger partial charge in [-0.2, -0.15) is 13.6 Å². The number of benzene rings is 3. The Morgan fingerprint density at radius 2 is 1.83 bits per heavy atom. The van der Waals surface area contributed by atoms with Crippen LogP contribution in [0.3, 0.4) is 0 Å². The molecule has 0 saturated heterocycles. The van der Waals surface area contributed by atoms with Gasteiger partial charge in [-0.1, -0.05) is 18.2 Å². The van der Waals surface area contributed by atoms with Crippen LogP contribution in [0, 0.1) is 0 Å². The number of nitrogens with two attached hydrogens (primary N) is 2. The Bertz CT molecular complexity index is 1640. The number of nitrogens with one attached hydrogen (secondary N) is 2. The minimum absolute atomic E-state index is 0.0425. The van der Waals surface area contributed by atoms with E-state index in [1.807, 2.05) is 45.0 Å². The van der Waals surface area contributed by atoms with E-state index >= 15 is 0 Å². The lowest BCUT2D eigenvalue weighted by Gasteiger charge is -2.22. The van der Waals surface area contributed by atoms with Gasteiger partial charge in [-0.25, -0.2) is 4.98 Å². The molecule has 0 aliphatic carbocycles. The monoisotopic (exact) mass is 579 g/mol. The van der Waals surface area contributed by atoms with Crippen LogP contribution in [0.15, 0.2) is 72.9 Å². The number of ether oxygens (including phenoxy) is 2. The van der Waals surface area contributed by atoms with Gasteiger partial charge in [-0.3, -0.25) is 4.79 Å². The molecule has 0 saturated carbocycles. The molecule has 1 atom stereocenters. The maximum absolute atomic E-state index is 13.7. The lowest BCUT2D eigenvalue weighted by atomic mass is 10.0. The Balaban J connectivity index is 1.64. The molecule has 0 unspecified atom stereocenters. The molecule has 0 spiro atoms. The van der Waals surface area contributed by atoms with Crippen molar-refractivity contribution in [2.75, 3.05) is 17.7 Å². The van der Waals surface area contributed by atoms with E-state index in [0.717, 1.165) is 10.8 Å². The van der Waals surface area contributed by atoms with Gasteiger partial charge in [0.2, 0.25) is 5.91 Å². The summed E-state index contributed by atoms with van der Waals surface area (Å²) in [5, 5.41) is 12.9. The fourth-order valence-corrected chi connectivity index (χ4v) is 4.59. The highest BCUT2D eigenvalue weighted by atomic mass is 32.2. The Labute approximate surface area is 239 Å². The number of nitrogen functional groups attached to an aromatic ring is 1. The molecule has 0 aliphatic rings. The predicted molar refractivity (Wildman–Crippen MR) is 158 cm³/mol. The number of carbonyl (C=O) groups excluding carboxylic acids is 1. The van der Waals surface area contributed by atoms with Crippen molar-refractivity contribution in [3.05, 3.63) is 84.1 Å². The molecule has 1 heterocycles. The quantitative estimate of drug-likeness (QED) is 0.193. The first-order valence-corrected chi connectivity index (χ1v) is 14.4. The third kappa shape index (κ3) is 7.99. The summed E-state index contributed by atoms with van der Waals surface area (Å²) in [6, 6.07) is 18.2. The number of anilines is 2. The lowest BCUT2D eigenvalue weighted by molar-refractivity contribution is -0.122. The summed E-state index contributed by atoms with van der Waals surface area (Å²) in [4.78, 5) is 17.8. The van der Waals surface area contributed by atoms with Crippen molar-refractivity contribution >= 4 is 38.5 Å². The van der Waals surface area contributed by atoms with Gasteiger partial charge in [0, 0.05) is 23.8 Å². The first kappa shape index (κ1) is 29.4. The average Bonchev–Trinajstić information content (AvgIpc) is 2.91. The van der Waals surface area contributed by atoms with E-state index < -0.39 is 16.3 Å². The molecule has 11 nitrogen and oxygen atoms in total. The maximum atomic E-state index is 13.7. The molecule has 1 aromatic heterocycles. The zero-order valence-corrected chi connectivity index (χ0v) is 23.8. The van der Waals surface area contributed by atoms with Crippen LogP contribution in [-0.2, 0) is 21.6 Å². The Morgan fingerprint density at radius 1 is 1.02 bits per heavy atom. The number of fused-ring (bicyclic) bond motifs is 1. The van der Waals surface area contributed by atoms with Crippen LogP contribution in [0.4, 0.5) is 11.5 Å². The van der Waals surface area contributed by atoms with Crippen molar-refractivity contribution in [1.29, 1.82) is 0 Å². The molecular weight excluding hydrogens is 546 g/mol. The van der Waals surface area contributed by atoms with E-state index in [2.05, 4.69) is 15.6 Å². The van der Waals surface area contributed by atoms with Gasteiger partial charge in [0.25, 0.3) is 0 Å². The number of rotatable bonds is 12. The first-order chi connectivity index (χ1) is 19.5. The number of aromatic nitrogens is 1. The normalized spacial score (nSPS) is 12.1. The van der Waals surface area contributed by atoms with E-state index in [1.54, 1.807) is 36.5 Å². The molecule has 12 heteroatoms. The summed E-state index contributed by atoms with van der Waals surface area (Å²) >= 11 is 0. The van der Waals surface area contributed by atoms with Gasteiger partial charge in [-0.15, -0.1) is 0 Å². The second-order valence-electron chi connectivity index (χ2n) is 9.46. The number of amides is 1. The molecule has 4 rings (SSSR count). The van der Waals surface area contributed by atoms with E-state index in [1.165, 1.54) is 12.1 Å². The molecule has 3 aromatic carbocycles.